The van der Waals surface area contributed by atoms with Gasteiger partial charge in [-0.2, -0.15) is 0 Å². The molecule has 5 heteroatoms. The van der Waals surface area contributed by atoms with E-state index in [1.54, 1.807) is 5.06 Å². The molecule has 2 heterocycles. The maximum Gasteiger partial charge on any atom is 0.267 e. The molecule has 0 bridgehead atoms. The Balaban J connectivity index is 1.61. The van der Waals surface area contributed by atoms with Crippen LogP contribution in [-0.4, -0.2) is 17.9 Å². The fourth-order valence-corrected chi connectivity index (χ4v) is 5.36. The van der Waals surface area contributed by atoms with Gasteiger partial charge in [0.05, 0.1) is 11.4 Å². The van der Waals surface area contributed by atoms with Crippen LogP contribution in [0.4, 0.5) is 11.4 Å². The number of hydrogen-bond donors (Lipinski definition) is 0. The van der Waals surface area contributed by atoms with Crippen LogP contribution in [0, 0.1) is 6.92 Å². The SMILES string of the molecule is Cc1ccc(N2C(=O)[C@H]3ON(c4ccccc4)[C@@H](c4ccccc4)[C@@]3(c3ccccc3)C2=O)cc1. The Morgan fingerprint density at radius 3 is 1.89 bits per heavy atom. The highest BCUT2D eigenvalue weighted by Gasteiger charge is 2.72. The highest BCUT2D eigenvalue weighted by atomic mass is 16.7. The summed E-state index contributed by atoms with van der Waals surface area (Å²) in [7, 11) is 0. The molecule has 2 saturated heterocycles. The molecule has 2 aliphatic heterocycles. The van der Waals surface area contributed by atoms with E-state index in [1.165, 1.54) is 4.90 Å². The van der Waals surface area contributed by atoms with Crippen LogP contribution >= 0.6 is 0 Å². The molecule has 2 fully saturated rings. The Morgan fingerprint density at radius 2 is 1.26 bits per heavy atom. The minimum Gasteiger partial charge on any atom is -0.273 e. The van der Waals surface area contributed by atoms with Crippen molar-refractivity contribution in [2.75, 3.05) is 9.96 Å². The predicted molar refractivity (Wildman–Crippen MR) is 135 cm³/mol. The summed E-state index contributed by atoms with van der Waals surface area (Å²) in [5, 5.41) is 1.75. The minimum atomic E-state index is -1.26. The van der Waals surface area contributed by atoms with Gasteiger partial charge in [-0.05, 0) is 42.3 Å². The maximum atomic E-state index is 14.6. The first kappa shape index (κ1) is 21.3. The Hall–Kier alpha value is -4.22. The normalized spacial score (nSPS) is 23.6. The maximum absolute atomic E-state index is 14.6. The number of carbonyl (C=O) groups excluding carboxylic acids is 2. The number of amides is 2. The number of benzene rings is 4. The standard InChI is InChI=1S/C30H24N2O3/c1-21-17-19-24(20-18-21)31-28(33)27-30(29(31)34,23-13-7-3-8-14-23)26(22-11-5-2-6-12-22)32(35-27)25-15-9-4-10-16-25/h2-20,26-27H,1H3/t26-,27+,30+/m0/s1. The predicted octanol–water partition coefficient (Wildman–Crippen LogP) is 5.37. The van der Waals surface area contributed by atoms with E-state index in [0.717, 1.165) is 22.4 Å². The molecule has 3 atom stereocenters. The third-order valence-electron chi connectivity index (χ3n) is 6.97. The number of imide groups is 1. The molecular formula is C30H24N2O3. The van der Waals surface area contributed by atoms with E-state index in [0.29, 0.717) is 5.69 Å². The van der Waals surface area contributed by atoms with Crippen molar-refractivity contribution in [3.63, 3.8) is 0 Å². The van der Waals surface area contributed by atoms with Gasteiger partial charge in [0.2, 0.25) is 5.91 Å². The fourth-order valence-electron chi connectivity index (χ4n) is 5.36. The van der Waals surface area contributed by atoms with Gasteiger partial charge in [0, 0.05) is 0 Å². The summed E-state index contributed by atoms with van der Waals surface area (Å²) in [6, 6.07) is 35.9. The summed E-state index contributed by atoms with van der Waals surface area (Å²) in [6.07, 6.45) is -1.01. The van der Waals surface area contributed by atoms with E-state index in [1.807, 2.05) is 122 Å². The van der Waals surface area contributed by atoms with Crippen molar-refractivity contribution in [2.45, 2.75) is 24.5 Å². The molecule has 0 aliphatic carbocycles. The van der Waals surface area contributed by atoms with E-state index in [-0.39, 0.29) is 11.8 Å². The third-order valence-corrected chi connectivity index (χ3v) is 6.97. The van der Waals surface area contributed by atoms with Gasteiger partial charge in [0.1, 0.15) is 11.5 Å². The summed E-state index contributed by atoms with van der Waals surface area (Å²) >= 11 is 0. The molecule has 0 unspecified atom stereocenters. The molecule has 2 aliphatic rings. The van der Waals surface area contributed by atoms with Gasteiger partial charge in [-0.15, -0.1) is 0 Å². The first-order chi connectivity index (χ1) is 17.1. The molecule has 0 N–H and O–H groups in total. The van der Waals surface area contributed by atoms with Gasteiger partial charge < -0.3 is 0 Å². The van der Waals surface area contributed by atoms with Crippen molar-refractivity contribution in [2.24, 2.45) is 0 Å². The zero-order valence-electron chi connectivity index (χ0n) is 19.2. The molecule has 0 radical (unpaired) electrons. The van der Waals surface area contributed by atoms with E-state index >= 15 is 0 Å². The number of para-hydroxylation sites is 1. The fraction of sp³-hybridized carbons (Fsp3) is 0.133. The molecule has 4 aromatic carbocycles. The van der Waals surface area contributed by atoms with E-state index < -0.39 is 17.6 Å². The molecule has 35 heavy (non-hydrogen) atoms. The average Bonchev–Trinajstić information content (AvgIpc) is 3.38. The van der Waals surface area contributed by atoms with Crippen molar-refractivity contribution < 1.29 is 14.4 Å². The molecule has 0 spiro atoms. The van der Waals surface area contributed by atoms with E-state index in [4.69, 9.17) is 4.84 Å². The summed E-state index contributed by atoms with van der Waals surface area (Å²) in [5.74, 6) is -0.642. The second kappa shape index (κ2) is 8.22. The van der Waals surface area contributed by atoms with E-state index in [2.05, 4.69) is 0 Å². The Labute approximate surface area is 204 Å². The zero-order chi connectivity index (χ0) is 24.0. The monoisotopic (exact) mass is 460 g/mol. The molecular weight excluding hydrogens is 436 g/mol. The summed E-state index contributed by atoms with van der Waals surface area (Å²) < 4.78 is 0. The van der Waals surface area contributed by atoms with Crippen LogP contribution in [0.1, 0.15) is 22.7 Å². The van der Waals surface area contributed by atoms with Crippen LogP contribution in [-0.2, 0) is 19.8 Å². The molecule has 2 amide bonds. The minimum absolute atomic E-state index is 0.283. The number of anilines is 2. The van der Waals surface area contributed by atoms with Gasteiger partial charge in [-0.1, -0.05) is 96.6 Å². The molecule has 6 rings (SSSR count). The van der Waals surface area contributed by atoms with Crippen LogP contribution in [0.3, 0.4) is 0 Å². The lowest BCUT2D eigenvalue weighted by Gasteiger charge is -2.35. The van der Waals surface area contributed by atoms with E-state index in [9.17, 15) is 9.59 Å². The van der Waals surface area contributed by atoms with Crippen molar-refractivity contribution in [3.8, 4) is 0 Å². The molecule has 4 aromatic rings. The average molecular weight is 461 g/mol. The van der Waals surface area contributed by atoms with Crippen LogP contribution in [0.25, 0.3) is 0 Å². The van der Waals surface area contributed by atoms with Gasteiger partial charge >= 0.3 is 0 Å². The molecule has 172 valence electrons. The van der Waals surface area contributed by atoms with Crippen molar-refractivity contribution in [3.05, 3.63) is 132 Å². The van der Waals surface area contributed by atoms with Gasteiger partial charge in [0.25, 0.3) is 5.91 Å². The second-order valence-electron chi connectivity index (χ2n) is 9.01. The molecule has 0 aromatic heterocycles. The van der Waals surface area contributed by atoms with Gasteiger partial charge in [0.15, 0.2) is 6.10 Å². The van der Waals surface area contributed by atoms with Gasteiger partial charge in [-0.25, -0.2) is 9.96 Å². The van der Waals surface area contributed by atoms with Gasteiger partial charge in [-0.3, -0.25) is 14.4 Å². The Bertz CT molecular complexity index is 1370. The highest BCUT2D eigenvalue weighted by molar-refractivity contribution is 6.28. The third kappa shape index (κ3) is 3.12. The number of carbonyl (C=O) groups is 2. The lowest BCUT2D eigenvalue weighted by molar-refractivity contribution is -0.126. The molecule has 5 nitrogen and oxygen atoms in total. The quantitative estimate of drug-likeness (QED) is 0.384. The lowest BCUT2D eigenvalue weighted by Crippen LogP contribution is -2.46. The van der Waals surface area contributed by atoms with Crippen LogP contribution in [0.15, 0.2) is 115 Å². The highest BCUT2D eigenvalue weighted by Crippen LogP contribution is 2.57. The van der Waals surface area contributed by atoms with Crippen LogP contribution in [0.5, 0.6) is 0 Å². The Morgan fingerprint density at radius 1 is 0.686 bits per heavy atom. The van der Waals surface area contributed by atoms with Crippen molar-refractivity contribution in [1.29, 1.82) is 0 Å². The van der Waals surface area contributed by atoms with Crippen molar-refractivity contribution >= 4 is 23.2 Å². The number of hydrogen-bond acceptors (Lipinski definition) is 4. The summed E-state index contributed by atoms with van der Waals surface area (Å²) in [5.41, 5.74) is 2.78. The van der Waals surface area contributed by atoms with Crippen LogP contribution < -0.4 is 9.96 Å². The topological polar surface area (TPSA) is 49.9 Å². The largest absolute Gasteiger partial charge is 0.273 e. The number of hydroxylamine groups is 1. The number of rotatable bonds is 4. The summed E-state index contributed by atoms with van der Waals surface area (Å²) in [4.78, 5) is 36.3. The lowest BCUT2D eigenvalue weighted by atomic mass is 9.69. The van der Waals surface area contributed by atoms with Crippen LogP contribution in [0.2, 0.25) is 0 Å². The summed E-state index contributed by atoms with van der Waals surface area (Å²) in [6.45, 7) is 1.98. The number of aryl methyl sites for hydroxylation is 1. The second-order valence-corrected chi connectivity index (χ2v) is 9.01. The number of nitrogens with zero attached hydrogens (tertiary/aromatic N) is 2. The van der Waals surface area contributed by atoms with Crippen molar-refractivity contribution in [1.82, 2.24) is 0 Å². The zero-order valence-corrected chi connectivity index (χ0v) is 19.2. The number of fused-ring (bicyclic) bond motifs is 1. The first-order valence-corrected chi connectivity index (χ1v) is 11.7. The molecule has 0 saturated carbocycles. The first-order valence-electron chi connectivity index (χ1n) is 11.7. The smallest absolute Gasteiger partial charge is 0.267 e. The Kier molecular flexibility index (Phi) is 5.01.